The van der Waals surface area contributed by atoms with Crippen molar-refractivity contribution in [2.75, 3.05) is 0 Å². The van der Waals surface area contributed by atoms with E-state index in [9.17, 15) is 9.59 Å². The van der Waals surface area contributed by atoms with Gasteiger partial charge in [-0.15, -0.1) is 0 Å². The summed E-state index contributed by atoms with van der Waals surface area (Å²) in [4.78, 5) is 21.9. The molecule has 1 unspecified atom stereocenters. The Balaban J connectivity index is 4.24. The summed E-state index contributed by atoms with van der Waals surface area (Å²) in [5.74, 6) is -1.89. The van der Waals surface area contributed by atoms with E-state index in [1.165, 1.54) is 6.92 Å². The fourth-order valence-corrected chi connectivity index (χ4v) is 0.965. The second kappa shape index (κ2) is 5.62. The summed E-state index contributed by atoms with van der Waals surface area (Å²) in [6, 6.07) is 0. The summed E-state index contributed by atoms with van der Waals surface area (Å²) in [7, 11) is 0. The van der Waals surface area contributed by atoms with Crippen LogP contribution in [-0.4, -0.2) is 17.7 Å². The van der Waals surface area contributed by atoms with Crippen molar-refractivity contribution in [3.05, 3.63) is 0 Å². The van der Waals surface area contributed by atoms with E-state index >= 15 is 0 Å². The number of hydrogen-bond acceptors (Lipinski definition) is 4. The number of carbonyl (C=O) groups excluding carboxylic acids is 2. The fourth-order valence-electron chi connectivity index (χ4n) is 0.965. The number of hydrogen-bond donors (Lipinski definition) is 0. The molecule has 0 spiro atoms. The maximum Gasteiger partial charge on any atom is 0.309 e. The van der Waals surface area contributed by atoms with Gasteiger partial charge in [0.15, 0.2) is 0 Å². The average molecular weight is 202 g/mol. The van der Waals surface area contributed by atoms with Crippen LogP contribution in [0.1, 0.15) is 47.0 Å². The lowest BCUT2D eigenvalue weighted by Gasteiger charge is -2.27. The van der Waals surface area contributed by atoms with Crippen molar-refractivity contribution in [2.45, 2.75) is 52.7 Å². The number of ether oxygens (including phenoxy) is 2. The monoisotopic (exact) mass is 202 g/mol. The predicted octanol–water partition coefficient (Wildman–Crippen LogP) is 2.02. The van der Waals surface area contributed by atoms with Crippen LogP contribution in [0.4, 0.5) is 0 Å². The highest BCUT2D eigenvalue weighted by Crippen LogP contribution is 2.18. The van der Waals surface area contributed by atoms with Crippen LogP contribution >= 0.6 is 0 Å². The normalized spacial score (nSPS) is 14.3. The molecule has 0 rings (SSSR count). The number of rotatable bonds is 5. The lowest BCUT2D eigenvalue weighted by molar-refractivity contribution is -0.222. The molecule has 4 nitrogen and oxygen atoms in total. The summed E-state index contributed by atoms with van der Waals surface area (Å²) < 4.78 is 9.98. The molecule has 0 N–H and O–H groups in total. The molecule has 0 saturated heterocycles. The Hall–Kier alpha value is -1.06. The van der Waals surface area contributed by atoms with Gasteiger partial charge in [0.05, 0.1) is 0 Å². The van der Waals surface area contributed by atoms with E-state index in [2.05, 4.69) is 0 Å². The van der Waals surface area contributed by atoms with E-state index in [0.717, 1.165) is 6.42 Å². The van der Waals surface area contributed by atoms with Crippen LogP contribution in [0.3, 0.4) is 0 Å². The Bertz CT molecular complexity index is 212. The van der Waals surface area contributed by atoms with Gasteiger partial charge in [-0.3, -0.25) is 9.59 Å². The second-order valence-corrected chi connectivity index (χ2v) is 3.31. The quantitative estimate of drug-likeness (QED) is 0.505. The van der Waals surface area contributed by atoms with Crippen LogP contribution in [0.5, 0.6) is 0 Å². The van der Waals surface area contributed by atoms with Crippen molar-refractivity contribution in [3.8, 4) is 0 Å². The third-order valence-corrected chi connectivity index (χ3v) is 1.79. The number of carbonyl (C=O) groups is 2. The van der Waals surface area contributed by atoms with E-state index in [1.807, 2.05) is 6.92 Å². The Morgan fingerprint density at radius 3 is 2.14 bits per heavy atom. The first-order valence-electron chi connectivity index (χ1n) is 4.85. The minimum absolute atomic E-state index is 0.335. The first-order valence-corrected chi connectivity index (χ1v) is 4.85. The smallest absolute Gasteiger partial charge is 0.309 e. The molecule has 14 heavy (non-hydrogen) atoms. The van der Waals surface area contributed by atoms with E-state index in [1.54, 1.807) is 13.8 Å². The van der Waals surface area contributed by atoms with Crippen LogP contribution in [-0.2, 0) is 19.1 Å². The SMILES string of the molecule is CCCC(=O)OC(C)(CC)OC(C)=O. The van der Waals surface area contributed by atoms with E-state index in [0.29, 0.717) is 12.8 Å². The molecular formula is C10H18O4. The first-order chi connectivity index (χ1) is 6.43. The van der Waals surface area contributed by atoms with Gasteiger partial charge in [-0.25, -0.2) is 0 Å². The van der Waals surface area contributed by atoms with Crippen molar-refractivity contribution in [3.63, 3.8) is 0 Å². The maximum atomic E-state index is 11.2. The Morgan fingerprint density at radius 1 is 1.21 bits per heavy atom. The van der Waals surface area contributed by atoms with Gasteiger partial charge in [0.1, 0.15) is 0 Å². The molecule has 0 heterocycles. The van der Waals surface area contributed by atoms with E-state index in [-0.39, 0.29) is 5.97 Å². The molecule has 1 atom stereocenters. The maximum absolute atomic E-state index is 11.2. The molecule has 0 bridgehead atoms. The standard InChI is InChI=1S/C10H18O4/c1-5-7-9(12)14-10(4,6-2)13-8(3)11/h5-7H2,1-4H3. The topological polar surface area (TPSA) is 52.6 Å². The summed E-state index contributed by atoms with van der Waals surface area (Å²) >= 11 is 0. The summed E-state index contributed by atoms with van der Waals surface area (Å²) in [5, 5.41) is 0. The lowest BCUT2D eigenvalue weighted by atomic mass is 10.2. The lowest BCUT2D eigenvalue weighted by Crippen LogP contribution is -2.35. The van der Waals surface area contributed by atoms with Crippen LogP contribution < -0.4 is 0 Å². The van der Waals surface area contributed by atoms with Crippen LogP contribution in [0.2, 0.25) is 0 Å². The van der Waals surface area contributed by atoms with Crippen molar-refractivity contribution in [2.24, 2.45) is 0 Å². The Labute approximate surface area is 84.6 Å². The second-order valence-electron chi connectivity index (χ2n) is 3.31. The molecule has 0 aromatic heterocycles. The van der Waals surface area contributed by atoms with Crippen molar-refractivity contribution >= 4 is 11.9 Å². The highest BCUT2D eigenvalue weighted by atomic mass is 16.7. The highest BCUT2D eigenvalue weighted by molar-refractivity contribution is 5.70. The molecule has 0 amide bonds. The molecule has 4 heteroatoms. The van der Waals surface area contributed by atoms with Crippen molar-refractivity contribution < 1.29 is 19.1 Å². The fraction of sp³-hybridized carbons (Fsp3) is 0.800. The predicted molar refractivity (Wildman–Crippen MR) is 51.5 cm³/mol. The first kappa shape index (κ1) is 12.9. The minimum atomic E-state index is -1.11. The third-order valence-electron chi connectivity index (χ3n) is 1.79. The highest BCUT2D eigenvalue weighted by Gasteiger charge is 2.29. The summed E-state index contributed by atoms with van der Waals surface area (Å²) in [6.45, 7) is 6.56. The Kier molecular flexibility index (Phi) is 5.20. The molecule has 0 aliphatic heterocycles. The zero-order valence-electron chi connectivity index (χ0n) is 9.25. The molecule has 0 aromatic rings. The van der Waals surface area contributed by atoms with E-state index < -0.39 is 11.8 Å². The molecule has 0 aromatic carbocycles. The molecule has 0 aliphatic rings. The van der Waals surface area contributed by atoms with Crippen LogP contribution in [0, 0.1) is 0 Å². The van der Waals surface area contributed by atoms with Gasteiger partial charge in [-0.1, -0.05) is 13.8 Å². The summed E-state index contributed by atoms with van der Waals surface area (Å²) in [5.41, 5.74) is 0. The zero-order chi connectivity index (χ0) is 11.2. The Morgan fingerprint density at radius 2 is 1.79 bits per heavy atom. The van der Waals surface area contributed by atoms with Gasteiger partial charge in [0.2, 0.25) is 0 Å². The molecule has 0 fully saturated rings. The molecule has 82 valence electrons. The van der Waals surface area contributed by atoms with Gasteiger partial charge in [0.25, 0.3) is 5.79 Å². The average Bonchev–Trinajstić information content (AvgIpc) is 2.02. The van der Waals surface area contributed by atoms with Crippen molar-refractivity contribution in [1.82, 2.24) is 0 Å². The molecular weight excluding hydrogens is 184 g/mol. The third kappa shape index (κ3) is 4.84. The van der Waals surface area contributed by atoms with Crippen molar-refractivity contribution in [1.29, 1.82) is 0 Å². The summed E-state index contributed by atoms with van der Waals surface area (Å²) in [6.07, 6.45) is 1.51. The van der Waals surface area contributed by atoms with Gasteiger partial charge in [-0.05, 0) is 6.42 Å². The van der Waals surface area contributed by atoms with Gasteiger partial charge in [0, 0.05) is 26.7 Å². The largest absolute Gasteiger partial charge is 0.423 e. The molecule has 0 radical (unpaired) electrons. The molecule has 0 saturated carbocycles. The zero-order valence-corrected chi connectivity index (χ0v) is 9.25. The van der Waals surface area contributed by atoms with Gasteiger partial charge >= 0.3 is 11.9 Å². The van der Waals surface area contributed by atoms with Crippen LogP contribution in [0.25, 0.3) is 0 Å². The van der Waals surface area contributed by atoms with E-state index in [4.69, 9.17) is 9.47 Å². The van der Waals surface area contributed by atoms with Gasteiger partial charge in [-0.2, -0.15) is 0 Å². The number of esters is 2. The molecule has 0 aliphatic carbocycles. The van der Waals surface area contributed by atoms with Gasteiger partial charge < -0.3 is 9.47 Å². The van der Waals surface area contributed by atoms with Crippen LogP contribution in [0.15, 0.2) is 0 Å². The minimum Gasteiger partial charge on any atom is -0.423 e.